The molecule has 0 fully saturated rings. The van der Waals surface area contributed by atoms with Gasteiger partial charge in [-0.1, -0.05) is 24.6 Å². The van der Waals surface area contributed by atoms with Gasteiger partial charge in [-0.2, -0.15) is 0 Å². The van der Waals surface area contributed by atoms with Crippen molar-refractivity contribution in [1.82, 2.24) is 9.78 Å². The van der Waals surface area contributed by atoms with Crippen molar-refractivity contribution in [2.24, 2.45) is 7.05 Å². The Morgan fingerprint density at radius 1 is 1.38 bits per heavy atom. The number of aromatic nitrogens is 2. The zero-order valence-corrected chi connectivity index (χ0v) is 13.0. The average molecular weight is 309 g/mol. The Hall–Kier alpha value is -2.01. The molecule has 0 atom stereocenters. The van der Waals surface area contributed by atoms with Crippen LogP contribution in [-0.2, 0) is 23.0 Å². The maximum Gasteiger partial charge on any atom is 0.343 e. The van der Waals surface area contributed by atoms with E-state index in [1.54, 1.807) is 10.7 Å². The molecule has 0 saturated carbocycles. The van der Waals surface area contributed by atoms with E-state index in [-0.39, 0.29) is 6.61 Å². The third kappa shape index (κ3) is 3.55. The first-order valence-electron chi connectivity index (χ1n) is 6.57. The van der Waals surface area contributed by atoms with Crippen molar-refractivity contribution < 1.29 is 14.3 Å². The second-order valence-corrected chi connectivity index (χ2v) is 4.95. The lowest BCUT2D eigenvalue weighted by molar-refractivity contribution is -0.143. The van der Waals surface area contributed by atoms with Crippen LogP contribution < -0.4 is 4.74 Å². The monoisotopic (exact) mass is 308 g/mol. The summed E-state index contributed by atoms with van der Waals surface area (Å²) >= 11 is 6.03. The lowest BCUT2D eigenvalue weighted by Gasteiger charge is -2.08. The third-order valence-corrected chi connectivity index (χ3v) is 3.38. The van der Waals surface area contributed by atoms with Crippen LogP contribution in [0.4, 0.5) is 0 Å². The fourth-order valence-electron chi connectivity index (χ4n) is 2.06. The van der Waals surface area contributed by atoms with Crippen LogP contribution in [0.15, 0.2) is 24.3 Å². The molecule has 0 aliphatic heterocycles. The first kappa shape index (κ1) is 15.4. The van der Waals surface area contributed by atoms with E-state index < -0.39 is 5.97 Å². The van der Waals surface area contributed by atoms with Crippen LogP contribution in [0.2, 0.25) is 5.02 Å². The number of aryl methyl sites for hydroxylation is 2. The normalized spacial score (nSPS) is 10.5. The minimum absolute atomic E-state index is 0.159. The summed E-state index contributed by atoms with van der Waals surface area (Å²) in [6.45, 7) is 1.91. The zero-order chi connectivity index (χ0) is 15.4. The number of nitrogens with zero attached hydrogens (tertiary/aromatic N) is 2. The number of hydrogen-bond acceptors (Lipinski definition) is 4. The molecule has 0 bridgehead atoms. The van der Waals surface area contributed by atoms with Crippen LogP contribution in [0.3, 0.4) is 0 Å². The summed E-state index contributed by atoms with van der Waals surface area (Å²) in [4.78, 5) is 11.1. The maximum absolute atomic E-state index is 11.1. The molecule has 0 spiro atoms. The number of methoxy groups -OCH3 is 1. The molecule has 2 aromatic rings. The fraction of sp³-hybridized carbons (Fsp3) is 0.333. The fourth-order valence-corrected chi connectivity index (χ4v) is 2.25. The molecule has 0 amide bonds. The molecule has 0 aliphatic carbocycles. The van der Waals surface area contributed by atoms with Gasteiger partial charge in [0.1, 0.15) is 0 Å². The van der Waals surface area contributed by atoms with E-state index in [0.29, 0.717) is 10.9 Å². The Balaban J connectivity index is 2.29. The van der Waals surface area contributed by atoms with Crippen molar-refractivity contribution in [3.05, 3.63) is 34.9 Å². The van der Waals surface area contributed by atoms with Gasteiger partial charge in [-0.05, 0) is 24.1 Å². The molecule has 112 valence electrons. The summed E-state index contributed by atoms with van der Waals surface area (Å²) in [7, 11) is 3.14. The molecule has 21 heavy (non-hydrogen) atoms. The summed E-state index contributed by atoms with van der Waals surface area (Å²) in [6.07, 6.45) is 0.861. The summed E-state index contributed by atoms with van der Waals surface area (Å²) < 4.78 is 11.6. The van der Waals surface area contributed by atoms with Crippen molar-refractivity contribution in [3.8, 4) is 17.1 Å². The summed E-state index contributed by atoms with van der Waals surface area (Å²) in [5.74, 6) is -0.0575. The van der Waals surface area contributed by atoms with Gasteiger partial charge in [0.2, 0.25) is 5.88 Å². The number of esters is 1. The van der Waals surface area contributed by atoms with Gasteiger partial charge in [-0.3, -0.25) is 4.68 Å². The topological polar surface area (TPSA) is 53.4 Å². The molecule has 2 rings (SSSR count). The summed E-state index contributed by atoms with van der Waals surface area (Å²) in [6, 6.07) is 7.55. The smallest absolute Gasteiger partial charge is 0.343 e. The molecule has 1 aromatic carbocycles. The van der Waals surface area contributed by atoms with Crippen molar-refractivity contribution in [3.63, 3.8) is 0 Å². The van der Waals surface area contributed by atoms with Gasteiger partial charge in [-0.15, -0.1) is 5.10 Å². The second-order valence-electron chi connectivity index (χ2n) is 4.51. The molecule has 5 nitrogen and oxygen atoms in total. The molecular formula is C15H17ClN2O3. The Bertz CT molecular complexity index is 652. The highest BCUT2D eigenvalue weighted by molar-refractivity contribution is 6.30. The maximum atomic E-state index is 11.1. The Morgan fingerprint density at radius 3 is 2.81 bits per heavy atom. The number of rotatable bonds is 5. The van der Waals surface area contributed by atoms with E-state index in [1.807, 2.05) is 25.2 Å². The standard InChI is InChI=1S/C15H17ClN2O3/c1-4-10-7-11(16)5-6-12(10)13-8-14(17-18(13)2)21-9-15(19)20-3/h5-8H,4,9H2,1-3H3. The molecular weight excluding hydrogens is 292 g/mol. The van der Waals surface area contributed by atoms with Crippen molar-refractivity contribution >= 4 is 17.6 Å². The molecule has 0 radical (unpaired) electrons. The predicted molar refractivity (Wildman–Crippen MR) is 80.5 cm³/mol. The highest BCUT2D eigenvalue weighted by Gasteiger charge is 2.13. The number of ether oxygens (including phenoxy) is 2. The number of carbonyl (C=O) groups excluding carboxylic acids is 1. The van der Waals surface area contributed by atoms with Crippen molar-refractivity contribution in [2.75, 3.05) is 13.7 Å². The van der Waals surface area contributed by atoms with Gasteiger partial charge >= 0.3 is 5.97 Å². The lowest BCUT2D eigenvalue weighted by Crippen LogP contribution is -2.12. The quantitative estimate of drug-likeness (QED) is 0.797. The third-order valence-electron chi connectivity index (χ3n) is 3.15. The van der Waals surface area contributed by atoms with E-state index >= 15 is 0 Å². The average Bonchev–Trinajstić information content (AvgIpc) is 2.85. The van der Waals surface area contributed by atoms with Gasteiger partial charge in [0.05, 0.1) is 12.8 Å². The van der Waals surface area contributed by atoms with E-state index in [9.17, 15) is 4.79 Å². The predicted octanol–water partition coefficient (Wildman–Crippen LogP) is 2.85. The Morgan fingerprint density at radius 2 is 2.14 bits per heavy atom. The molecule has 0 aliphatic rings. The number of benzene rings is 1. The first-order chi connectivity index (χ1) is 10.0. The van der Waals surface area contributed by atoms with E-state index in [2.05, 4.69) is 16.8 Å². The number of halogens is 1. The van der Waals surface area contributed by atoms with Gasteiger partial charge < -0.3 is 9.47 Å². The second kappa shape index (κ2) is 6.63. The van der Waals surface area contributed by atoms with Gasteiger partial charge in [0.15, 0.2) is 6.61 Å². The minimum Gasteiger partial charge on any atom is -0.466 e. The zero-order valence-electron chi connectivity index (χ0n) is 12.2. The molecule has 1 aromatic heterocycles. The highest BCUT2D eigenvalue weighted by atomic mass is 35.5. The van der Waals surface area contributed by atoms with Gasteiger partial charge in [-0.25, -0.2) is 4.79 Å². The van der Waals surface area contributed by atoms with E-state index in [1.165, 1.54) is 7.11 Å². The van der Waals surface area contributed by atoms with Crippen molar-refractivity contribution in [1.29, 1.82) is 0 Å². The van der Waals surface area contributed by atoms with E-state index in [0.717, 1.165) is 23.2 Å². The Kier molecular flexibility index (Phi) is 4.85. The van der Waals surface area contributed by atoms with Crippen LogP contribution in [0.25, 0.3) is 11.3 Å². The summed E-state index contributed by atoms with van der Waals surface area (Å²) in [5.41, 5.74) is 3.08. The van der Waals surface area contributed by atoms with Crippen LogP contribution in [0, 0.1) is 0 Å². The first-order valence-corrected chi connectivity index (χ1v) is 6.95. The number of hydrogen-bond donors (Lipinski definition) is 0. The highest BCUT2D eigenvalue weighted by Crippen LogP contribution is 2.29. The Labute approximate surface area is 128 Å². The molecule has 0 unspecified atom stereocenters. The van der Waals surface area contributed by atoms with Crippen LogP contribution in [-0.4, -0.2) is 29.5 Å². The van der Waals surface area contributed by atoms with E-state index in [4.69, 9.17) is 16.3 Å². The molecule has 0 N–H and O–H groups in total. The van der Waals surface area contributed by atoms with Crippen LogP contribution in [0.1, 0.15) is 12.5 Å². The largest absolute Gasteiger partial charge is 0.466 e. The molecule has 0 saturated heterocycles. The van der Waals surface area contributed by atoms with Gasteiger partial charge in [0, 0.05) is 23.7 Å². The van der Waals surface area contributed by atoms with Crippen LogP contribution in [0.5, 0.6) is 5.88 Å². The molecule has 1 heterocycles. The number of carbonyl (C=O) groups is 1. The van der Waals surface area contributed by atoms with Crippen LogP contribution >= 0.6 is 11.6 Å². The van der Waals surface area contributed by atoms with Crippen molar-refractivity contribution in [2.45, 2.75) is 13.3 Å². The van der Waals surface area contributed by atoms with Gasteiger partial charge in [0.25, 0.3) is 0 Å². The molecule has 6 heteroatoms. The lowest BCUT2D eigenvalue weighted by atomic mass is 10.0. The SMILES string of the molecule is CCc1cc(Cl)ccc1-c1cc(OCC(=O)OC)nn1C. The summed E-state index contributed by atoms with van der Waals surface area (Å²) in [5, 5.41) is 4.95. The minimum atomic E-state index is -0.442.